The first-order chi connectivity index (χ1) is 16.4. The maximum atomic E-state index is 13.1. The summed E-state index contributed by atoms with van der Waals surface area (Å²) in [5.74, 6) is -0.208. The topological polar surface area (TPSA) is 113 Å². The van der Waals surface area contributed by atoms with Gasteiger partial charge in [0, 0.05) is 43.8 Å². The van der Waals surface area contributed by atoms with Crippen molar-refractivity contribution >= 4 is 39.7 Å². The number of nitrogens with one attached hydrogen (secondary N) is 2. The van der Waals surface area contributed by atoms with Gasteiger partial charge in [-0.1, -0.05) is 6.07 Å². The van der Waals surface area contributed by atoms with Crippen molar-refractivity contribution in [1.29, 1.82) is 0 Å². The molecule has 1 fully saturated rings. The number of aromatic nitrogens is 1. The van der Waals surface area contributed by atoms with Crippen LogP contribution in [0.4, 0.5) is 16.5 Å². The van der Waals surface area contributed by atoms with Crippen LogP contribution in [0.25, 0.3) is 0 Å². The quantitative estimate of drug-likeness (QED) is 0.454. The van der Waals surface area contributed by atoms with Crippen LogP contribution in [0.5, 0.6) is 5.75 Å². The molecular weight excluding hydrogens is 452 g/mol. The molecule has 0 radical (unpaired) electrons. The number of carbonyl (C=O) groups is 2. The Labute approximate surface area is 202 Å². The van der Waals surface area contributed by atoms with Gasteiger partial charge in [0.25, 0.3) is 11.8 Å². The minimum atomic E-state index is -0.633. The average molecular weight is 481 g/mol. The predicted octanol–water partition coefficient (Wildman–Crippen LogP) is 2.99. The fraction of sp³-hybridized carbons (Fsp3) is 0.292. The van der Waals surface area contributed by atoms with E-state index in [0.29, 0.717) is 16.4 Å². The maximum Gasteiger partial charge on any atom is 0.268 e. The third kappa shape index (κ3) is 5.90. The SMILES string of the molecule is COc1ccc(Nc2cc(CN3CCN(C)CC3)ccc2C(=O)Nc2nc(C(N)=O)cs2)cc1. The molecule has 0 bridgehead atoms. The van der Waals surface area contributed by atoms with Crippen molar-refractivity contribution in [1.82, 2.24) is 14.8 Å². The van der Waals surface area contributed by atoms with Crippen LogP contribution in [0.3, 0.4) is 0 Å². The highest BCUT2D eigenvalue weighted by molar-refractivity contribution is 7.14. The van der Waals surface area contributed by atoms with Gasteiger partial charge < -0.3 is 20.7 Å². The van der Waals surface area contributed by atoms with Gasteiger partial charge in [0.05, 0.1) is 18.4 Å². The molecule has 178 valence electrons. The Morgan fingerprint density at radius 1 is 1.12 bits per heavy atom. The van der Waals surface area contributed by atoms with Crippen LogP contribution in [0.15, 0.2) is 47.8 Å². The standard InChI is InChI=1S/C24H28N6O3S/c1-29-9-11-30(12-10-29)14-16-3-8-19(23(32)28-24-27-21(15-34-24)22(25)31)20(13-16)26-17-4-6-18(33-2)7-5-17/h3-8,13,15,26H,9-12,14H2,1-2H3,(H2,25,31)(H,27,28,32). The smallest absolute Gasteiger partial charge is 0.268 e. The highest BCUT2D eigenvalue weighted by Crippen LogP contribution is 2.26. The highest BCUT2D eigenvalue weighted by atomic mass is 32.1. The molecule has 34 heavy (non-hydrogen) atoms. The van der Waals surface area contributed by atoms with Crippen molar-refractivity contribution in [3.05, 3.63) is 64.7 Å². The second-order valence-electron chi connectivity index (χ2n) is 8.17. The van der Waals surface area contributed by atoms with Crippen LogP contribution >= 0.6 is 11.3 Å². The summed E-state index contributed by atoms with van der Waals surface area (Å²) in [6, 6.07) is 13.3. The van der Waals surface area contributed by atoms with Crippen molar-refractivity contribution < 1.29 is 14.3 Å². The van der Waals surface area contributed by atoms with Crippen LogP contribution in [-0.4, -0.2) is 66.9 Å². The number of piperazine rings is 1. The third-order valence-electron chi connectivity index (χ3n) is 5.68. The lowest BCUT2D eigenvalue weighted by Gasteiger charge is -2.32. The molecule has 1 saturated heterocycles. The number of likely N-dealkylation sites (N-methyl/N-ethyl adjacent to an activating group) is 1. The van der Waals surface area contributed by atoms with Crippen LogP contribution in [0.2, 0.25) is 0 Å². The zero-order valence-corrected chi connectivity index (χ0v) is 20.0. The van der Waals surface area contributed by atoms with E-state index in [-0.39, 0.29) is 11.6 Å². The molecular formula is C24H28N6O3S. The molecule has 0 saturated carbocycles. The first-order valence-electron chi connectivity index (χ1n) is 10.9. The number of methoxy groups -OCH3 is 1. The molecule has 2 aromatic carbocycles. The molecule has 0 atom stereocenters. The van der Waals surface area contributed by atoms with Crippen molar-refractivity contribution in [2.24, 2.45) is 5.73 Å². The van der Waals surface area contributed by atoms with E-state index >= 15 is 0 Å². The first kappa shape index (κ1) is 23.7. The van der Waals surface area contributed by atoms with E-state index in [4.69, 9.17) is 10.5 Å². The molecule has 3 aromatic rings. The van der Waals surface area contributed by atoms with E-state index in [1.807, 2.05) is 42.5 Å². The summed E-state index contributed by atoms with van der Waals surface area (Å²) in [6.45, 7) is 4.90. The van der Waals surface area contributed by atoms with E-state index in [2.05, 4.69) is 32.5 Å². The molecule has 1 aromatic heterocycles. The number of rotatable bonds is 8. The van der Waals surface area contributed by atoms with Crippen LogP contribution in [0, 0.1) is 0 Å². The number of carbonyl (C=O) groups excluding carboxylic acids is 2. The predicted molar refractivity (Wildman–Crippen MR) is 134 cm³/mol. The van der Waals surface area contributed by atoms with E-state index < -0.39 is 5.91 Å². The lowest BCUT2D eigenvalue weighted by atomic mass is 10.1. The Morgan fingerprint density at radius 3 is 2.50 bits per heavy atom. The summed E-state index contributed by atoms with van der Waals surface area (Å²) in [5.41, 5.74) is 8.48. The Bertz CT molecular complexity index is 1160. The number of anilines is 3. The van der Waals surface area contributed by atoms with Crippen LogP contribution < -0.4 is 21.1 Å². The summed E-state index contributed by atoms with van der Waals surface area (Å²) >= 11 is 1.15. The summed E-state index contributed by atoms with van der Waals surface area (Å²) in [6.07, 6.45) is 0. The second kappa shape index (κ2) is 10.6. The van der Waals surface area contributed by atoms with Gasteiger partial charge in [0.2, 0.25) is 0 Å². The number of hydrogen-bond acceptors (Lipinski definition) is 8. The third-order valence-corrected chi connectivity index (χ3v) is 6.43. The minimum Gasteiger partial charge on any atom is -0.497 e. The summed E-state index contributed by atoms with van der Waals surface area (Å²) in [4.78, 5) is 33.2. The molecule has 4 rings (SSSR count). The molecule has 2 amide bonds. The van der Waals surface area contributed by atoms with Crippen molar-refractivity contribution in [3.63, 3.8) is 0 Å². The summed E-state index contributed by atoms with van der Waals surface area (Å²) in [7, 11) is 3.76. The number of amides is 2. The number of nitrogens with zero attached hydrogens (tertiary/aromatic N) is 3. The van der Waals surface area contributed by atoms with Crippen molar-refractivity contribution in [2.45, 2.75) is 6.54 Å². The normalized spacial score (nSPS) is 14.5. The Kier molecular flexibility index (Phi) is 7.41. The zero-order chi connectivity index (χ0) is 24.1. The first-order valence-corrected chi connectivity index (χ1v) is 11.8. The molecule has 1 aliphatic rings. The van der Waals surface area contributed by atoms with E-state index in [1.54, 1.807) is 7.11 Å². The van der Waals surface area contributed by atoms with Gasteiger partial charge in [-0.3, -0.25) is 19.8 Å². The number of hydrogen-bond donors (Lipinski definition) is 3. The Morgan fingerprint density at radius 2 is 1.85 bits per heavy atom. The molecule has 10 heteroatoms. The van der Waals surface area contributed by atoms with Gasteiger partial charge in [0.1, 0.15) is 11.4 Å². The van der Waals surface area contributed by atoms with E-state index in [1.165, 1.54) is 5.38 Å². The fourth-order valence-electron chi connectivity index (χ4n) is 3.69. The number of thiazole rings is 1. The van der Waals surface area contributed by atoms with Crippen LogP contribution in [-0.2, 0) is 6.54 Å². The Hall–Kier alpha value is -3.47. The van der Waals surface area contributed by atoms with Gasteiger partial charge in [-0.15, -0.1) is 11.3 Å². The number of primary amides is 1. The highest BCUT2D eigenvalue weighted by Gasteiger charge is 2.18. The lowest BCUT2D eigenvalue weighted by molar-refractivity contribution is 0.0992. The summed E-state index contributed by atoms with van der Waals surface area (Å²) < 4.78 is 5.24. The lowest BCUT2D eigenvalue weighted by Crippen LogP contribution is -2.43. The average Bonchev–Trinajstić information content (AvgIpc) is 3.30. The van der Waals surface area contributed by atoms with Crippen LogP contribution in [0.1, 0.15) is 26.4 Å². The molecule has 9 nitrogen and oxygen atoms in total. The molecule has 4 N–H and O–H groups in total. The van der Waals surface area contributed by atoms with Gasteiger partial charge in [-0.05, 0) is 49.0 Å². The largest absolute Gasteiger partial charge is 0.497 e. The number of benzene rings is 2. The molecule has 0 spiro atoms. The van der Waals surface area contributed by atoms with E-state index in [0.717, 1.165) is 61.1 Å². The number of ether oxygens (including phenoxy) is 1. The molecule has 0 aliphatic carbocycles. The molecule has 1 aliphatic heterocycles. The van der Waals surface area contributed by atoms with E-state index in [9.17, 15) is 9.59 Å². The minimum absolute atomic E-state index is 0.124. The van der Waals surface area contributed by atoms with Crippen molar-refractivity contribution in [3.8, 4) is 5.75 Å². The monoisotopic (exact) mass is 480 g/mol. The van der Waals surface area contributed by atoms with Gasteiger partial charge in [-0.25, -0.2) is 4.98 Å². The molecule has 2 heterocycles. The summed E-state index contributed by atoms with van der Waals surface area (Å²) in [5, 5.41) is 7.97. The second-order valence-corrected chi connectivity index (χ2v) is 9.03. The Balaban J connectivity index is 1.57. The fourth-order valence-corrected chi connectivity index (χ4v) is 4.39. The van der Waals surface area contributed by atoms with Gasteiger partial charge >= 0.3 is 0 Å². The zero-order valence-electron chi connectivity index (χ0n) is 19.2. The van der Waals surface area contributed by atoms with Gasteiger partial charge in [0.15, 0.2) is 5.13 Å². The maximum absolute atomic E-state index is 13.1. The van der Waals surface area contributed by atoms with Gasteiger partial charge in [-0.2, -0.15) is 0 Å². The number of nitrogens with two attached hydrogens (primary N) is 1. The van der Waals surface area contributed by atoms with Crippen molar-refractivity contribution in [2.75, 3.05) is 51.0 Å². The molecule has 0 unspecified atom stereocenters.